The van der Waals surface area contributed by atoms with Crippen LogP contribution in [0.5, 0.6) is 0 Å². The maximum atomic E-state index is 2.42. The molecule has 12 heavy (non-hydrogen) atoms. The van der Waals surface area contributed by atoms with Gasteiger partial charge in [-0.15, -0.1) is 0 Å². The topological polar surface area (TPSA) is 6.48 Å². The summed E-state index contributed by atoms with van der Waals surface area (Å²) >= 11 is 0. The molecule has 1 rings (SSSR count). The number of likely N-dealkylation sites (tertiary alicyclic amines) is 1. The van der Waals surface area contributed by atoms with Gasteiger partial charge in [0.25, 0.3) is 0 Å². The summed E-state index contributed by atoms with van der Waals surface area (Å²) in [7, 11) is 4.33. The fourth-order valence-corrected chi connectivity index (χ4v) is 2.04. The fourth-order valence-electron chi connectivity index (χ4n) is 2.04. The van der Waals surface area contributed by atoms with Gasteiger partial charge in [0.2, 0.25) is 0 Å². The summed E-state index contributed by atoms with van der Waals surface area (Å²) < 4.78 is 0. The molecule has 1 aliphatic heterocycles. The van der Waals surface area contributed by atoms with Crippen LogP contribution in [0.15, 0.2) is 12.3 Å². The van der Waals surface area contributed by atoms with E-state index in [1.165, 1.54) is 13.0 Å². The normalized spacial score (nSPS) is 30.9. The minimum Gasteiger partial charge on any atom is -0.373 e. The molecular formula is C10H20N2. The third-order valence-electron chi connectivity index (χ3n) is 2.77. The van der Waals surface area contributed by atoms with E-state index in [0.717, 1.165) is 6.04 Å². The van der Waals surface area contributed by atoms with Crippen molar-refractivity contribution in [1.82, 2.24) is 9.80 Å². The molecule has 0 aromatic heterocycles. The Labute approximate surface area is 75.8 Å². The first-order valence-electron chi connectivity index (χ1n) is 4.71. The van der Waals surface area contributed by atoms with Gasteiger partial charge < -0.3 is 9.80 Å². The zero-order valence-electron chi connectivity index (χ0n) is 8.62. The number of likely N-dealkylation sites (N-methyl/N-ethyl adjacent to an activating group) is 1. The van der Waals surface area contributed by atoms with Gasteiger partial charge in [-0.3, -0.25) is 0 Å². The van der Waals surface area contributed by atoms with Crippen molar-refractivity contribution in [1.29, 1.82) is 0 Å². The lowest BCUT2D eigenvalue weighted by Gasteiger charge is -2.27. The van der Waals surface area contributed by atoms with Crippen LogP contribution >= 0.6 is 0 Å². The van der Waals surface area contributed by atoms with Crippen LogP contribution in [0.2, 0.25) is 0 Å². The average Bonchev–Trinajstić information content (AvgIpc) is 2.34. The molecule has 2 nitrogen and oxygen atoms in total. The summed E-state index contributed by atoms with van der Waals surface area (Å²) in [6.07, 6.45) is 5.61. The second kappa shape index (κ2) is 3.94. The molecule has 0 saturated carbocycles. The first-order valence-corrected chi connectivity index (χ1v) is 4.71. The Morgan fingerprint density at radius 2 is 2.08 bits per heavy atom. The van der Waals surface area contributed by atoms with E-state index in [0.29, 0.717) is 6.04 Å². The van der Waals surface area contributed by atoms with Crippen LogP contribution in [0.3, 0.4) is 0 Å². The van der Waals surface area contributed by atoms with Crippen molar-refractivity contribution in [3.8, 4) is 0 Å². The van der Waals surface area contributed by atoms with Crippen molar-refractivity contribution in [2.75, 3.05) is 20.6 Å². The third kappa shape index (κ3) is 1.81. The van der Waals surface area contributed by atoms with Crippen LogP contribution in [0, 0.1) is 0 Å². The van der Waals surface area contributed by atoms with Crippen molar-refractivity contribution in [3.05, 3.63) is 12.3 Å². The Bertz CT molecular complexity index is 163. The molecule has 1 fully saturated rings. The third-order valence-corrected chi connectivity index (χ3v) is 2.77. The van der Waals surface area contributed by atoms with E-state index in [9.17, 15) is 0 Å². The highest BCUT2D eigenvalue weighted by Crippen LogP contribution is 2.20. The van der Waals surface area contributed by atoms with Crippen LogP contribution in [0.4, 0.5) is 0 Å². The summed E-state index contributed by atoms with van der Waals surface area (Å²) in [5.74, 6) is 0. The molecule has 0 aliphatic carbocycles. The van der Waals surface area contributed by atoms with E-state index in [-0.39, 0.29) is 0 Å². The van der Waals surface area contributed by atoms with Crippen molar-refractivity contribution in [3.63, 3.8) is 0 Å². The minimum atomic E-state index is 0.663. The van der Waals surface area contributed by atoms with Gasteiger partial charge in [0.1, 0.15) is 0 Å². The van der Waals surface area contributed by atoms with Crippen LogP contribution < -0.4 is 0 Å². The van der Waals surface area contributed by atoms with Gasteiger partial charge >= 0.3 is 0 Å². The number of allylic oxidation sites excluding steroid dienone is 1. The van der Waals surface area contributed by atoms with Crippen molar-refractivity contribution in [2.24, 2.45) is 0 Å². The predicted molar refractivity (Wildman–Crippen MR) is 53.1 cm³/mol. The fraction of sp³-hybridized carbons (Fsp3) is 0.800. The predicted octanol–water partition coefficient (Wildman–Crippen LogP) is 1.54. The lowest BCUT2D eigenvalue weighted by Crippen LogP contribution is -2.37. The van der Waals surface area contributed by atoms with Crippen molar-refractivity contribution in [2.45, 2.75) is 32.4 Å². The Morgan fingerprint density at radius 1 is 1.42 bits per heavy atom. The molecule has 2 heteroatoms. The molecule has 2 atom stereocenters. The smallest absolute Gasteiger partial charge is 0.0412 e. The Balaban J connectivity index is 2.54. The maximum Gasteiger partial charge on any atom is 0.0412 e. The molecule has 1 heterocycles. The number of rotatable bonds is 2. The van der Waals surface area contributed by atoms with E-state index in [4.69, 9.17) is 0 Å². The largest absolute Gasteiger partial charge is 0.373 e. The van der Waals surface area contributed by atoms with Crippen LogP contribution in [-0.2, 0) is 0 Å². The molecule has 0 bridgehead atoms. The lowest BCUT2D eigenvalue weighted by atomic mass is 10.1. The van der Waals surface area contributed by atoms with Gasteiger partial charge in [-0.05, 0) is 40.6 Å². The van der Waals surface area contributed by atoms with E-state index in [1.54, 1.807) is 0 Å². The van der Waals surface area contributed by atoms with Crippen LogP contribution in [0.25, 0.3) is 0 Å². The van der Waals surface area contributed by atoms with Crippen LogP contribution in [-0.4, -0.2) is 42.5 Å². The van der Waals surface area contributed by atoms with Gasteiger partial charge in [-0.1, -0.05) is 6.08 Å². The summed E-state index contributed by atoms with van der Waals surface area (Å²) in [5.41, 5.74) is 0. The highest BCUT2D eigenvalue weighted by atomic mass is 15.2. The number of nitrogens with zero attached hydrogens (tertiary/aromatic N) is 2. The highest BCUT2D eigenvalue weighted by molar-refractivity contribution is 4.94. The molecule has 1 aliphatic rings. The lowest BCUT2D eigenvalue weighted by molar-refractivity contribution is 0.236. The van der Waals surface area contributed by atoms with Gasteiger partial charge in [0, 0.05) is 18.6 Å². The Hall–Kier alpha value is -0.500. The maximum absolute atomic E-state index is 2.42. The van der Waals surface area contributed by atoms with Gasteiger partial charge in [0.15, 0.2) is 0 Å². The molecule has 0 amide bonds. The molecule has 0 aromatic rings. The van der Waals surface area contributed by atoms with Gasteiger partial charge in [-0.25, -0.2) is 0 Å². The Kier molecular flexibility index (Phi) is 3.15. The number of hydrogen-bond donors (Lipinski definition) is 0. The summed E-state index contributed by atoms with van der Waals surface area (Å²) in [6.45, 7) is 5.59. The number of hydrogen-bond acceptors (Lipinski definition) is 2. The van der Waals surface area contributed by atoms with E-state index >= 15 is 0 Å². The monoisotopic (exact) mass is 168 g/mol. The summed E-state index contributed by atoms with van der Waals surface area (Å²) in [6, 6.07) is 1.39. The Morgan fingerprint density at radius 3 is 2.50 bits per heavy atom. The second-order valence-electron chi connectivity index (χ2n) is 3.78. The molecule has 70 valence electrons. The molecule has 2 unspecified atom stereocenters. The van der Waals surface area contributed by atoms with Crippen molar-refractivity contribution < 1.29 is 0 Å². The van der Waals surface area contributed by atoms with E-state index in [1.807, 2.05) is 0 Å². The molecular weight excluding hydrogens is 148 g/mol. The van der Waals surface area contributed by atoms with E-state index < -0.39 is 0 Å². The molecule has 0 aromatic carbocycles. The summed E-state index contributed by atoms with van der Waals surface area (Å²) in [4.78, 5) is 4.75. The second-order valence-corrected chi connectivity index (χ2v) is 3.78. The molecule has 0 spiro atoms. The van der Waals surface area contributed by atoms with Crippen molar-refractivity contribution >= 4 is 0 Å². The molecule has 1 saturated heterocycles. The van der Waals surface area contributed by atoms with Gasteiger partial charge in [-0.2, -0.15) is 0 Å². The first kappa shape index (κ1) is 9.59. The molecule has 0 radical (unpaired) electrons. The summed E-state index contributed by atoms with van der Waals surface area (Å²) in [5, 5.41) is 0. The van der Waals surface area contributed by atoms with Gasteiger partial charge in [0.05, 0.1) is 0 Å². The van der Waals surface area contributed by atoms with Crippen LogP contribution in [0.1, 0.15) is 20.3 Å². The first-order chi connectivity index (χ1) is 5.66. The minimum absolute atomic E-state index is 0.663. The standard InChI is InChI=1S/C10H20N2/c1-5-7-12-8-6-10(9(12)2)11(3)4/h5,7,9-10H,6,8H2,1-4H3/b7-5+. The van der Waals surface area contributed by atoms with E-state index in [2.05, 4.69) is 50.0 Å². The SMILES string of the molecule is C/C=C/N1CCC(N(C)C)C1C. The zero-order chi connectivity index (χ0) is 9.14. The molecule has 0 N–H and O–H groups in total. The average molecular weight is 168 g/mol. The highest BCUT2D eigenvalue weighted by Gasteiger charge is 2.29. The zero-order valence-corrected chi connectivity index (χ0v) is 8.62. The quantitative estimate of drug-likeness (QED) is 0.617.